The first kappa shape index (κ1) is 15.0. The molecule has 1 aromatic rings. The van der Waals surface area contributed by atoms with Gasteiger partial charge in [0.1, 0.15) is 5.82 Å². The SMILES string of the molecule is CCCCC[C@H]1CC[C@H](c2ccc(Br)c(F)c2)CC1. The standard InChI is InChI=1S/C17H24BrF/c1-2-3-4-5-13-6-8-14(9-7-13)15-10-11-16(18)17(19)12-15/h10-14H,2-9H2,1H3/t13-,14-. The van der Waals surface area contributed by atoms with E-state index in [4.69, 9.17) is 0 Å². The molecular weight excluding hydrogens is 303 g/mol. The monoisotopic (exact) mass is 326 g/mol. The number of hydrogen-bond donors (Lipinski definition) is 0. The third-order valence-electron chi connectivity index (χ3n) is 4.48. The number of halogens is 2. The Balaban J connectivity index is 1.84. The minimum Gasteiger partial charge on any atom is -0.206 e. The summed E-state index contributed by atoms with van der Waals surface area (Å²) in [7, 11) is 0. The fourth-order valence-corrected chi connectivity index (χ4v) is 3.48. The summed E-state index contributed by atoms with van der Waals surface area (Å²) in [4.78, 5) is 0. The van der Waals surface area contributed by atoms with Gasteiger partial charge in [-0.25, -0.2) is 4.39 Å². The minimum absolute atomic E-state index is 0.123. The van der Waals surface area contributed by atoms with Crippen LogP contribution in [0.5, 0.6) is 0 Å². The van der Waals surface area contributed by atoms with Gasteiger partial charge in [0, 0.05) is 0 Å². The van der Waals surface area contributed by atoms with E-state index in [2.05, 4.69) is 28.9 Å². The maximum absolute atomic E-state index is 13.6. The fraction of sp³-hybridized carbons (Fsp3) is 0.647. The van der Waals surface area contributed by atoms with Crippen molar-refractivity contribution in [2.24, 2.45) is 5.92 Å². The number of rotatable bonds is 5. The van der Waals surface area contributed by atoms with Gasteiger partial charge in [-0.05, 0) is 71.1 Å². The van der Waals surface area contributed by atoms with Gasteiger partial charge in [-0.3, -0.25) is 0 Å². The van der Waals surface area contributed by atoms with Gasteiger partial charge in [0.05, 0.1) is 4.47 Å². The van der Waals surface area contributed by atoms with E-state index in [9.17, 15) is 4.39 Å². The Morgan fingerprint density at radius 1 is 1.16 bits per heavy atom. The largest absolute Gasteiger partial charge is 0.206 e. The lowest BCUT2D eigenvalue weighted by Gasteiger charge is -2.29. The molecule has 1 aliphatic rings. The lowest BCUT2D eigenvalue weighted by atomic mass is 9.77. The van der Waals surface area contributed by atoms with Crippen molar-refractivity contribution < 1.29 is 4.39 Å². The minimum atomic E-state index is -0.123. The summed E-state index contributed by atoms with van der Waals surface area (Å²) in [6, 6.07) is 5.64. The molecule has 1 aromatic carbocycles. The van der Waals surface area contributed by atoms with Crippen molar-refractivity contribution in [3.8, 4) is 0 Å². The lowest BCUT2D eigenvalue weighted by molar-refractivity contribution is 0.302. The van der Waals surface area contributed by atoms with Gasteiger partial charge in [0.15, 0.2) is 0 Å². The molecule has 1 aliphatic carbocycles. The van der Waals surface area contributed by atoms with Crippen molar-refractivity contribution in [2.45, 2.75) is 64.2 Å². The molecule has 2 rings (SSSR count). The highest BCUT2D eigenvalue weighted by Crippen LogP contribution is 2.38. The molecule has 1 fully saturated rings. The van der Waals surface area contributed by atoms with E-state index < -0.39 is 0 Å². The molecule has 0 saturated heterocycles. The topological polar surface area (TPSA) is 0 Å². The highest BCUT2D eigenvalue weighted by molar-refractivity contribution is 9.10. The summed E-state index contributed by atoms with van der Waals surface area (Å²) in [6.07, 6.45) is 10.6. The molecule has 106 valence electrons. The molecule has 0 bridgehead atoms. The maximum atomic E-state index is 13.6. The average molecular weight is 327 g/mol. The Kier molecular flexibility index (Phi) is 5.87. The van der Waals surface area contributed by atoms with E-state index in [1.807, 2.05) is 6.07 Å². The summed E-state index contributed by atoms with van der Waals surface area (Å²) < 4.78 is 14.1. The zero-order chi connectivity index (χ0) is 13.7. The zero-order valence-corrected chi connectivity index (χ0v) is 13.4. The molecule has 0 spiro atoms. The molecule has 0 heterocycles. The fourth-order valence-electron chi connectivity index (χ4n) is 3.23. The summed E-state index contributed by atoms with van der Waals surface area (Å²) in [6.45, 7) is 2.26. The van der Waals surface area contributed by atoms with Crippen LogP contribution in [0.15, 0.2) is 22.7 Å². The van der Waals surface area contributed by atoms with Crippen LogP contribution in [-0.2, 0) is 0 Å². The van der Waals surface area contributed by atoms with Crippen molar-refractivity contribution in [1.82, 2.24) is 0 Å². The van der Waals surface area contributed by atoms with Crippen LogP contribution in [0.4, 0.5) is 4.39 Å². The summed E-state index contributed by atoms with van der Waals surface area (Å²) >= 11 is 3.22. The van der Waals surface area contributed by atoms with Crippen molar-refractivity contribution in [3.63, 3.8) is 0 Å². The highest BCUT2D eigenvalue weighted by atomic mass is 79.9. The number of unbranched alkanes of at least 4 members (excludes halogenated alkanes) is 2. The summed E-state index contributed by atoms with van der Waals surface area (Å²) in [5.41, 5.74) is 1.19. The third kappa shape index (κ3) is 4.30. The van der Waals surface area contributed by atoms with Gasteiger partial charge in [0.2, 0.25) is 0 Å². The van der Waals surface area contributed by atoms with Gasteiger partial charge in [-0.1, -0.05) is 38.7 Å². The predicted molar refractivity (Wildman–Crippen MR) is 82.9 cm³/mol. The average Bonchev–Trinajstić information content (AvgIpc) is 2.43. The quantitative estimate of drug-likeness (QED) is 0.546. The summed E-state index contributed by atoms with van der Waals surface area (Å²) in [5, 5.41) is 0. The molecule has 19 heavy (non-hydrogen) atoms. The Labute approximate surface area is 124 Å². The molecular formula is C17H24BrF. The van der Waals surface area contributed by atoms with Gasteiger partial charge in [-0.2, -0.15) is 0 Å². The van der Waals surface area contributed by atoms with Crippen molar-refractivity contribution in [3.05, 3.63) is 34.1 Å². The second-order valence-corrected chi connectivity index (χ2v) is 6.74. The van der Waals surface area contributed by atoms with E-state index in [1.165, 1.54) is 56.9 Å². The molecule has 0 nitrogen and oxygen atoms in total. The Hall–Kier alpha value is -0.370. The predicted octanol–water partition coefficient (Wildman–Crippen LogP) is 6.44. The van der Waals surface area contributed by atoms with Crippen LogP contribution in [0.3, 0.4) is 0 Å². The van der Waals surface area contributed by atoms with Crippen LogP contribution in [0.1, 0.15) is 69.8 Å². The van der Waals surface area contributed by atoms with E-state index in [0.29, 0.717) is 10.4 Å². The van der Waals surface area contributed by atoms with E-state index in [0.717, 1.165) is 5.92 Å². The smallest absolute Gasteiger partial charge is 0.137 e. The van der Waals surface area contributed by atoms with Crippen LogP contribution in [-0.4, -0.2) is 0 Å². The van der Waals surface area contributed by atoms with Gasteiger partial charge < -0.3 is 0 Å². The molecule has 2 heteroatoms. The second-order valence-electron chi connectivity index (χ2n) is 5.89. The van der Waals surface area contributed by atoms with Crippen LogP contribution < -0.4 is 0 Å². The maximum Gasteiger partial charge on any atom is 0.137 e. The Bertz CT molecular complexity index is 394. The lowest BCUT2D eigenvalue weighted by Crippen LogP contribution is -2.13. The first-order chi connectivity index (χ1) is 9.20. The molecule has 0 radical (unpaired) electrons. The molecule has 0 atom stereocenters. The second kappa shape index (κ2) is 7.42. The number of hydrogen-bond acceptors (Lipinski definition) is 0. The highest BCUT2D eigenvalue weighted by Gasteiger charge is 2.22. The van der Waals surface area contributed by atoms with Crippen molar-refractivity contribution in [2.75, 3.05) is 0 Å². The van der Waals surface area contributed by atoms with E-state index in [-0.39, 0.29) is 5.82 Å². The van der Waals surface area contributed by atoms with Crippen LogP contribution in [0, 0.1) is 11.7 Å². The molecule has 0 aliphatic heterocycles. The number of benzene rings is 1. The van der Waals surface area contributed by atoms with Crippen LogP contribution >= 0.6 is 15.9 Å². The van der Waals surface area contributed by atoms with Gasteiger partial charge in [-0.15, -0.1) is 0 Å². The van der Waals surface area contributed by atoms with Crippen molar-refractivity contribution in [1.29, 1.82) is 0 Å². The molecule has 0 amide bonds. The van der Waals surface area contributed by atoms with Gasteiger partial charge >= 0.3 is 0 Å². The Morgan fingerprint density at radius 2 is 1.89 bits per heavy atom. The van der Waals surface area contributed by atoms with Crippen LogP contribution in [0.2, 0.25) is 0 Å². The zero-order valence-electron chi connectivity index (χ0n) is 11.8. The molecule has 0 aromatic heterocycles. The molecule has 0 N–H and O–H groups in total. The normalized spacial score (nSPS) is 23.5. The van der Waals surface area contributed by atoms with E-state index in [1.54, 1.807) is 6.07 Å². The first-order valence-corrected chi connectivity index (χ1v) is 8.45. The van der Waals surface area contributed by atoms with Crippen LogP contribution in [0.25, 0.3) is 0 Å². The van der Waals surface area contributed by atoms with E-state index >= 15 is 0 Å². The molecule has 0 unspecified atom stereocenters. The van der Waals surface area contributed by atoms with Crippen molar-refractivity contribution >= 4 is 15.9 Å². The Morgan fingerprint density at radius 3 is 2.53 bits per heavy atom. The van der Waals surface area contributed by atoms with Gasteiger partial charge in [0.25, 0.3) is 0 Å². The third-order valence-corrected chi connectivity index (χ3v) is 5.12. The first-order valence-electron chi connectivity index (χ1n) is 7.65. The summed E-state index contributed by atoms with van der Waals surface area (Å²) in [5.74, 6) is 1.37. The molecule has 1 saturated carbocycles.